The Hall–Kier alpha value is -3.45. The number of hydrazone groups is 1. The largest absolute Gasteiger partial charge is 0.493 e. The molecule has 0 saturated carbocycles. The molecule has 0 aromatic heterocycles. The van der Waals surface area contributed by atoms with Crippen LogP contribution in [-0.4, -0.2) is 25.2 Å². The van der Waals surface area contributed by atoms with Crippen molar-refractivity contribution >= 4 is 34.0 Å². The van der Waals surface area contributed by atoms with Crippen LogP contribution < -0.4 is 14.9 Å². The minimum atomic E-state index is -0.495. The molecule has 3 rings (SSSR count). The summed E-state index contributed by atoms with van der Waals surface area (Å²) in [6.07, 6.45) is 1.46. The molecule has 7 heteroatoms. The van der Waals surface area contributed by atoms with Gasteiger partial charge in [0.1, 0.15) is 0 Å². The van der Waals surface area contributed by atoms with Gasteiger partial charge in [-0.25, -0.2) is 10.2 Å². The fourth-order valence-electron chi connectivity index (χ4n) is 2.56. The molecule has 0 unspecified atom stereocenters. The second-order valence-electron chi connectivity index (χ2n) is 6.38. The molecule has 152 valence electrons. The smallest absolute Gasteiger partial charge is 0.343 e. The predicted molar refractivity (Wildman–Crippen MR) is 118 cm³/mol. The molecule has 0 saturated heterocycles. The van der Waals surface area contributed by atoms with Crippen molar-refractivity contribution in [2.45, 2.75) is 6.92 Å². The Kier molecular flexibility index (Phi) is 6.98. The topological polar surface area (TPSA) is 77.0 Å². The van der Waals surface area contributed by atoms with Crippen LogP contribution in [0.5, 0.6) is 11.5 Å². The number of nitrogens with one attached hydrogen (secondary N) is 1. The molecule has 0 aliphatic carbocycles. The van der Waals surface area contributed by atoms with E-state index < -0.39 is 5.97 Å². The van der Waals surface area contributed by atoms with Gasteiger partial charge >= 0.3 is 5.97 Å². The van der Waals surface area contributed by atoms with Crippen LogP contribution in [0.1, 0.15) is 31.8 Å². The number of carbonyl (C=O) groups excluding carboxylic acids is 2. The van der Waals surface area contributed by atoms with Crippen LogP contribution >= 0.6 is 15.9 Å². The summed E-state index contributed by atoms with van der Waals surface area (Å²) in [6.45, 7) is 1.94. The van der Waals surface area contributed by atoms with Crippen LogP contribution in [0.15, 0.2) is 76.3 Å². The van der Waals surface area contributed by atoms with E-state index in [0.29, 0.717) is 22.4 Å². The molecule has 6 nitrogen and oxygen atoms in total. The lowest BCUT2D eigenvalue weighted by Gasteiger charge is -2.10. The monoisotopic (exact) mass is 466 g/mol. The minimum absolute atomic E-state index is 0.255. The number of hydrogen-bond donors (Lipinski definition) is 1. The molecule has 3 aromatic carbocycles. The summed E-state index contributed by atoms with van der Waals surface area (Å²) in [4.78, 5) is 24.6. The van der Waals surface area contributed by atoms with E-state index in [1.165, 1.54) is 13.3 Å². The zero-order valence-electron chi connectivity index (χ0n) is 16.4. The summed E-state index contributed by atoms with van der Waals surface area (Å²) in [7, 11) is 1.49. The molecule has 0 radical (unpaired) electrons. The van der Waals surface area contributed by atoms with Crippen molar-refractivity contribution in [3.8, 4) is 11.5 Å². The summed E-state index contributed by atoms with van der Waals surface area (Å²) in [6, 6.07) is 19.1. The highest BCUT2D eigenvalue weighted by Crippen LogP contribution is 2.28. The van der Waals surface area contributed by atoms with Crippen molar-refractivity contribution < 1.29 is 19.1 Å². The lowest BCUT2D eigenvalue weighted by molar-refractivity contribution is 0.0729. The van der Waals surface area contributed by atoms with Gasteiger partial charge in [0, 0.05) is 10.0 Å². The number of esters is 1. The highest BCUT2D eigenvalue weighted by Gasteiger charge is 2.13. The third kappa shape index (κ3) is 5.55. The van der Waals surface area contributed by atoms with Crippen molar-refractivity contribution in [1.82, 2.24) is 5.43 Å². The second-order valence-corrected chi connectivity index (χ2v) is 7.29. The Balaban J connectivity index is 1.72. The first-order chi connectivity index (χ1) is 14.5. The van der Waals surface area contributed by atoms with E-state index in [4.69, 9.17) is 9.47 Å². The van der Waals surface area contributed by atoms with E-state index in [9.17, 15) is 9.59 Å². The maximum Gasteiger partial charge on any atom is 0.343 e. The van der Waals surface area contributed by atoms with Crippen LogP contribution in [0.25, 0.3) is 0 Å². The van der Waals surface area contributed by atoms with Gasteiger partial charge in [0.05, 0.1) is 18.9 Å². The van der Waals surface area contributed by atoms with Crippen molar-refractivity contribution in [2.75, 3.05) is 7.11 Å². The molecular formula is C23H19BrN2O4. The summed E-state index contributed by atoms with van der Waals surface area (Å²) in [5.41, 5.74) is 5.05. The van der Waals surface area contributed by atoms with Gasteiger partial charge in [-0.2, -0.15) is 5.10 Å². The van der Waals surface area contributed by atoms with E-state index >= 15 is 0 Å². The quantitative estimate of drug-likeness (QED) is 0.246. The average molecular weight is 467 g/mol. The molecule has 1 amide bonds. The van der Waals surface area contributed by atoms with E-state index in [0.717, 1.165) is 10.0 Å². The first kappa shape index (κ1) is 21.3. The van der Waals surface area contributed by atoms with Gasteiger partial charge in [0.2, 0.25) is 0 Å². The first-order valence-corrected chi connectivity index (χ1v) is 9.81. The SMILES string of the molecule is COc1ccc(/C=N\NC(=O)c2cccc(Br)c2)cc1OC(=O)c1ccc(C)cc1. The summed E-state index contributed by atoms with van der Waals surface area (Å²) in [5.74, 6) is -0.173. The number of methoxy groups -OCH3 is 1. The molecule has 0 aliphatic rings. The van der Waals surface area contributed by atoms with E-state index in [2.05, 4.69) is 26.5 Å². The Morgan fingerprint density at radius 1 is 0.967 bits per heavy atom. The summed E-state index contributed by atoms with van der Waals surface area (Å²) < 4.78 is 11.6. The number of aryl methyl sites for hydroxylation is 1. The molecule has 0 aliphatic heterocycles. The summed E-state index contributed by atoms with van der Waals surface area (Å²) in [5, 5.41) is 3.97. The van der Waals surface area contributed by atoms with Gasteiger partial charge in [0.25, 0.3) is 5.91 Å². The number of carbonyl (C=O) groups is 2. The van der Waals surface area contributed by atoms with Crippen LogP contribution in [0.3, 0.4) is 0 Å². The highest BCUT2D eigenvalue weighted by atomic mass is 79.9. The van der Waals surface area contributed by atoms with Crippen LogP contribution in [-0.2, 0) is 0 Å². The number of amides is 1. The van der Waals surface area contributed by atoms with Gasteiger partial charge in [-0.05, 0) is 61.0 Å². The normalized spacial score (nSPS) is 10.6. The number of hydrogen-bond acceptors (Lipinski definition) is 5. The molecule has 0 spiro atoms. The molecule has 1 N–H and O–H groups in total. The number of nitrogens with zero attached hydrogens (tertiary/aromatic N) is 1. The van der Waals surface area contributed by atoms with E-state index in [1.807, 2.05) is 25.1 Å². The minimum Gasteiger partial charge on any atom is -0.493 e. The number of benzene rings is 3. The molecule has 0 heterocycles. The van der Waals surface area contributed by atoms with Crippen molar-refractivity contribution in [1.29, 1.82) is 0 Å². The Morgan fingerprint density at radius 3 is 2.43 bits per heavy atom. The van der Waals surface area contributed by atoms with Crippen LogP contribution in [0.2, 0.25) is 0 Å². The molecule has 30 heavy (non-hydrogen) atoms. The Bertz CT molecular complexity index is 1090. The van der Waals surface area contributed by atoms with Crippen molar-refractivity contribution in [3.63, 3.8) is 0 Å². The van der Waals surface area contributed by atoms with Gasteiger partial charge in [0.15, 0.2) is 11.5 Å². The number of ether oxygens (including phenoxy) is 2. The third-order valence-electron chi connectivity index (χ3n) is 4.14. The summed E-state index contributed by atoms with van der Waals surface area (Å²) >= 11 is 3.32. The lowest BCUT2D eigenvalue weighted by Crippen LogP contribution is -2.17. The second kappa shape index (κ2) is 9.84. The molecule has 0 atom stereocenters. The van der Waals surface area contributed by atoms with Crippen molar-refractivity contribution in [2.24, 2.45) is 5.10 Å². The van der Waals surface area contributed by atoms with E-state index in [-0.39, 0.29) is 11.7 Å². The zero-order chi connectivity index (χ0) is 21.5. The van der Waals surface area contributed by atoms with Gasteiger partial charge in [-0.3, -0.25) is 4.79 Å². The van der Waals surface area contributed by atoms with E-state index in [1.54, 1.807) is 48.5 Å². The van der Waals surface area contributed by atoms with Gasteiger partial charge in [-0.1, -0.05) is 39.7 Å². The Labute approximate surface area is 182 Å². The maximum atomic E-state index is 12.4. The van der Waals surface area contributed by atoms with Crippen LogP contribution in [0, 0.1) is 6.92 Å². The lowest BCUT2D eigenvalue weighted by atomic mass is 10.1. The third-order valence-corrected chi connectivity index (χ3v) is 4.64. The molecule has 0 fully saturated rings. The molecular weight excluding hydrogens is 448 g/mol. The highest BCUT2D eigenvalue weighted by molar-refractivity contribution is 9.10. The fourth-order valence-corrected chi connectivity index (χ4v) is 2.96. The maximum absolute atomic E-state index is 12.4. The Morgan fingerprint density at radius 2 is 1.73 bits per heavy atom. The standard InChI is InChI=1S/C23H19BrN2O4/c1-15-6-9-17(10-7-15)23(28)30-21-12-16(8-11-20(21)29-2)14-25-26-22(27)18-4-3-5-19(24)13-18/h3-14H,1-2H3,(H,26,27)/b25-14-. The molecule has 3 aromatic rings. The number of halogens is 1. The van der Waals surface area contributed by atoms with Gasteiger partial charge in [-0.15, -0.1) is 0 Å². The van der Waals surface area contributed by atoms with Gasteiger partial charge < -0.3 is 9.47 Å². The van der Waals surface area contributed by atoms with Crippen molar-refractivity contribution in [3.05, 3.63) is 93.5 Å². The average Bonchev–Trinajstić information content (AvgIpc) is 2.74. The number of rotatable bonds is 6. The zero-order valence-corrected chi connectivity index (χ0v) is 18.0. The fraction of sp³-hybridized carbons (Fsp3) is 0.0870. The molecule has 0 bridgehead atoms. The van der Waals surface area contributed by atoms with Crippen LogP contribution in [0.4, 0.5) is 0 Å². The predicted octanol–water partition coefficient (Wildman–Crippen LogP) is 4.75. The first-order valence-electron chi connectivity index (χ1n) is 9.02.